The van der Waals surface area contributed by atoms with E-state index in [1.807, 2.05) is 20.8 Å². The Kier molecular flexibility index (Phi) is 6.96. The van der Waals surface area contributed by atoms with Crippen molar-refractivity contribution in [1.82, 2.24) is 0 Å². The fraction of sp³-hybridized carbons (Fsp3) is 0.900. The standard InChI is InChI=1S/C10H20O4S/c1-10(2,3)14-9(13)4-5-15-7-8(12)6-11/h8,11-12H,4-7H2,1-3H3. The van der Waals surface area contributed by atoms with E-state index >= 15 is 0 Å². The molecule has 0 saturated heterocycles. The van der Waals surface area contributed by atoms with Crippen LogP contribution in [0.25, 0.3) is 0 Å². The molecule has 0 fully saturated rings. The van der Waals surface area contributed by atoms with Gasteiger partial charge < -0.3 is 14.9 Å². The SMILES string of the molecule is CC(C)(C)OC(=O)CCSCC(O)CO. The summed E-state index contributed by atoms with van der Waals surface area (Å²) >= 11 is 1.43. The number of carbonyl (C=O) groups is 1. The maximum atomic E-state index is 11.2. The Hall–Kier alpha value is -0.260. The Bertz CT molecular complexity index is 188. The lowest BCUT2D eigenvalue weighted by Crippen LogP contribution is -2.24. The molecule has 0 bridgehead atoms. The fourth-order valence-electron chi connectivity index (χ4n) is 0.820. The van der Waals surface area contributed by atoms with Gasteiger partial charge in [-0.05, 0) is 20.8 Å². The molecule has 0 rings (SSSR count). The van der Waals surface area contributed by atoms with Crippen molar-refractivity contribution in [1.29, 1.82) is 0 Å². The van der Waals surface area contributed by atoms with Gasteiger partial charge in [-0.25, -0.2) is 0 Å². The number of ether oxygens (including phenoxy) is 1. The molecule has 0 aliphatic carbocycles. The van der Waals surface area contributed by atoms with Crippen molar-refractivity contribution in [2.24, 2.45) is 0 Å². The normalized spacial score (nSPS) is 13.7. The van der Waals surface area contributed by atoms with Crippen LogP contribution >= 0.6 is 11.8 Å². The molecule has 0 spiro atoms. The smallest absolute Gasteiger partial charge is 0.307 e. The third kappa shape index (κ3) is 10.0. The lowest BCUT2D eigenvalue weighted by molar-refractivity contribution is -0.154. The number of aliphatic hydroxyl groups is 2. The zero-order valence-corrected chi connectivity index (χ0v) is 10.3. The van der Waals surface area contributed by atoms with Crippen LogP contribution in [0, 0.1) is 0 Å². The van der Waals surface area contributed by atoms with Crippen LogP contribution in [0.3, 0.4) is 0 Å². The van der Waals surface area contributed by atoms with Crippen LogP contribution in [0.1, 0.15) is 27.2 Å². The summed E-state index contributed by atoms with van der Waals surface area (Å²) in [6, 6.07) is 0. The summed E-state index contributed by atoms with van der Waals surface area (Å²) in [5, 5.41) is 17.6. The molecule has 4 nitrogen and oxygen atoms in total. The van der Waals surface area contributed by atoms with Gasteiger partial charge in [0, 0.05) is 11.5 Å². The number of thioether (sulfide) groups is 1. The molecule has 0 saturated carbocycles. The highest BCUT2D eigenvalue weighted by Gasteiger charge is 2.15. The van der Waals surface area contributed by atoms with Gasteiger partial charge in [0.25, 0.3) is 0 Å². The maximum Gasteiger partial charge on any atom is 0.307 e. The first-order valence-corrected chi connectivity index (χ1v) is 6.09. The summed E-state index contributed by atoms with van der Waals surface area (Å²) in [7, 11) is 0. The molecule has 90 valence electrons. The molecule has 0 radical (unpaired) electrons. The monoisotopic (exact) mass is 236 g/mol. The van der Waals surface area contributed by atoms with Crippen LogP contribution < -0.4 is 0 Å². The van der Waals surface area contributed by atoms with E-state index in [4.69, 9.17) is 14.9 Å². The van der Waals surface area contributed by atoms with Crippen LogP contribution in [0.4, 0.5) is 0 Å². The molecule has 0 amide bonds. The Labute approximate surface area is 95.0 Å². The Morgan fingerprint density at radius 2 is 2.07 bits per heavy atom. The van der Waals surface area contributed by atoms with Crippen LogP contribution in [0.2, 0.25) is 0 Å². The number of hydrogen-bond donors (Lipinski definition) is 2. The van der Waals surface area contributed by atoms with Gasteiger partial charge in [0.05, 0.1) is 19.1 Å². The number of carbonyl (C=O) groups excluding carboxylic acids is 1. The van der Waals surface area contributed by atoms with Crippen molar-refractivity contribution in [3.63, 3.8) is 0 Å². The van der Waals surface area contributed by atoms with Crippen molar-refractivity contribution in [3.8, 4) is 0 Å². The van der Waals surface area contributed by atoms with Crippen molar-refractivity contribution in [2.75, 3.05) is 18.1 Å². The van der Waals surface area contributed by atoms with Gasteiger partial charge in [-0.3, -0.25) is 4.79 Å². The lowest BCUT2D eigenvalue weighted by Gasteiger charge is -2.19. The molecule has 0 aromatic carbocycles. The number of rotatable bonds is 6. The van der Waals surface area contributed by atoms with Crippen LogP contribution in [0.5, 0.6) is 0 Å². The van der Waals surface area contributed by atoms with Gasteiger partial charge >= 0.3 is 5.97 Å². The maximum absolute atomic E-state index is 11.2. The Morgan fingerprint density at radius 3 is 2.53 bits per heavy atom. The van der Waals surface area contributed by atoms with E-state index in [1.54, 1.807) is 0 Å². The van der Waals surface area contributed by atoms with Gasteiger partial charge in [-0.2, -0.15) is 11.8 Å². The van der Waals surface area contributed by atoms with Crippen molar-refractivity contribution < 1.29 is 19.7 Å². The molecule has 0 aliphatic heterocycles. The molecule has 0 aromatic heterocycles. The number of hydrogen-bond acceptors (Lipinski definition) is 5. The molecular weight excluding hydrogens is 216 g/mol. The number of esters is 1. The molecule has 5 heteroatoms. The minimum atomic E-state index is -0.700. The van der Waals surface area contributed by atoms with Crippen LogP contribution in [-0.4, -0.2) is 46.0 Å². The van der Waals surface area contributed by atoms with E-state index in [0.717, 1.165) is 0 Å². The lowest BCUT2D eigenvalue weighted by atomic mass is 10.2. The van der Waals surface area contributed by atoms with Crippen LogP contribution in [-0.2, 0) is 9.53 Å². The molecule has 0 aliphatic rings. The highest BCUT2D eigenvalue weighted by molar-refractivity contribution is 7.99. The van der Waals surface area contributed by atoms with Gasteiger partial charge in [-0.1, -0.05) is 0 Å². The average molecular weight is 236 g/mol. The van der Waals surface area contributed by atoms with Crippen molar-refractivity contribution in [3.05, 3.63) is 0 Å². The van der Waals surface area contributed by atoms with E-state index in [9.17, 15) is 4.79 Å². The molecular formula is C10H20O4S. The summed E-state index contributed by atoms with van der Waals surface area (Å²) in [5.74, 6) is 0.819. The molecule has 1 atom stereocenters. The summed E-state index contributed by atoms with van der Waals surface area (Å²) in [5.41, 5.74) is -0.438. The first-order valence-electron chi connectivity index (χ1n) is 4.93. The van der Waals surface area contributed by atoms with Gasteiger partial charge in [-0.15, -0.1) is 0 Å². The molecule has 0 aromatic rings. The number of aliphatic hydroxyl groups excluding tert-OH is 2. The second kappa shape index (κ2) is 7.09. The van der Waals surface area contributed by atoms with E-state index in [0.29, 0.717) is 17.9 Å². The third-order valence-corrected chi connectivity index (χ3v) is 2.50. The highest BCUT2D eigenvalue weighted by atomic mass is 32.2. The first-order chi connectivity index (χ1) is 6.85. The second-order valence-corrected chi connectivity index (χ2v) is 5.40. The fourth-order valence-corrected chi connectivity index (χ4v) is 1.68. The zero-order chi connectivity index (χ0) is 11.9. The predicted molar refractivity (Wildman–Crippen MR) is 60.9 cm³/mol. The Balaban J connectivity index is 3.48. The topological polar surface area (TPSA) is 66.8 Å². The minimum absolute atomic E-state index is 0.228. The largest absolute Gasteiger partial charge is 0.460 e. The highest BCUT2D eigenvalue weighted by Crippen LogP contribution is 2.11. The summed E-state index contributed by atoms with van der Waals surface area (Å²) < 4.78 is 5.11. The molecule has 1 unspecified atom stereocenters. The van der Waals surface area contributed by atoms with Crippen molar-refractivity contribution >= 4 is 17.7 Å². The minimum Gasteiger partial charge on any atom is -0.460 e. The summed E-state index contributed by atoms with van der Waals surface area (Å²) in [6.07, 6.45) is -0.367. The summed E-state index contributed by atoms with van der Waals surface area (Å²) in [6.45, 7) is 5.24. The quantitative estimate of drug-likeness (QED) is 0.527. The predicted octanol–water partition coefficient (Wildman–Crippen LogP) is 0.805. The Morgan fingerprint density at radius 1 is 1.47 bits per heavy atom. The second-order valence-electron chi connectivity index (χ2n) is 4.25. The average Bonchev–Trinajstić information content (AvgIpc) is 2.09. The third-order valence-electron chi connectivity index (χ3n) is 1.39. The zero-order valence-electron chi connectivity index (χ0n) is 9.52. The van der Waals surface area contributed by atoms with E-state index in [-0.39, 0.29) is 12.6 Å². The van der Waals surface area contributed by atoms with Crippen LogP contribution in [0.15, 0.2) is 0 Å². The molecule has 15 heavy (non-hydrogen) atoms. The first kappa shape index (κ1) is 14.7. The van der Waals surface area contributed by atoms with Crippen molar-refractivity contribution in [2.45, 2.75) is 38.9 Å². The van der Waals surface area contributed by atoms with Gasteiger partial charge in [0.15, 0.2) is 0 Å². The van der Waals surface area contributed by atoms with E-state index < -0.39 is 11.7 Å². The van der Waals surface area contributed by atoms with Gasteiger partial charge in [0.2, 0.25) is 0 Å². The molecule has 2 N–H and O–H groups in total. The summed E-state index contributed by atoms with van der Waals surface area (Å²) in [4.78, 5) is 11.2. The van der Waals surface area contributed by atoms with E-state index in [2.05, 4.69) is 0 Å². The van der Waals surface area contributed by atoms with E-state index in [1.165, 1.54) is 11.8 Å². The molecule has 0 heterocycles. The van der Waals surface area contributed by atoms with Gasteiger partial charge in [0.1, 0.15) is 5.60 Å².